The molecule has 2 aliphatic rings. The van der Waals surface area contributed by atoms with Crippen LogP contribution in [0, 0.1) is 19.8 Å². The average Bonchev–Trinajstić information content (AvgIpc) is 3.07. The Bertz CT molecular complexity index is 878. The zero-order valence-electron chi connectivity index (χ0n) is 18.8. The predicted octanol–water partition coefficient (Wildman–Crippen LogP) is 0.315. The van der Waals surface area contributed by atoms with Gasteiger partial charge in [0.2, 0.25) is 21.8 Å². The van der Waals surface area contributed by atoms with Crippen molar-refractivity contribution in [2.75, 3.05) is 58.9 Å². The minimum Gasteiger partial charge on any atom is -0.360 e. The van der Waals surface area contributed by atoms with Gasteiger partial charge in [-0.15, -0.1) is 0 Å². The number of nitrogens with zero attached hydrogens (tertiary/aromatic N) is 5. The van der Waals surface area contributed by atoms with E-state index in [1.807, 2.05) is 18.7 Å². The van der Waals surface area contributed by atoms with E-state index in [4.69, 9.17) is 4.52 Å². The van der Waals surface area contributed by atoms with Gasteiger partial charge < -0.3 is 14.3 Å². The molecule has 0 radical (unpaired) electrons. The third-order valence-corrected chi connectivity index (χ3v) is 7.97. The number of rotatable bonds is 6. The highest BCUT2D eigenvalue weighted by atomic mass is 32.2. The summed E-state index contributed by atoms with van der Waals surface area (Å²) < 4.78 is 32.2. The van der Waals surface area contributed by atoms with Gasteiger partial charge in [-0.1, -0.05) is 19.0 Å². The molecule has 3 heterocycles. The number of aryl methyl sites for hydroxylation is 2. The number of hydrogen-bond donors (Lipinski definition) is 0. The van der Waals surface area contributed by atoms with Gasteiger partial charge in [-0.2, -0.15) is 4.31 Å². The maximum Gasteiger partial charge on any atom is 0.248 e. The van der Waals surface area contributed by atoms with Crippen LogP contribution in [-0.2, 0) is 19.6 Å². The third kappa shape index (κ3) is 5.45. The number of sulfonamides is 1. The van der Waals surface area contributed by atoms with Crippen molar-refractivity contribution in [2.24, 2.45) is 5.92 Å². The fourth-order valence-electron chi connectivity index (χ4n) is 4.07. The highest BCUT2D eigenvalue weighted by Crippen LogP contribution is 2.24. The van der Waals surface area contributed by atoms with Crippen LogP contribution in [0.5, 0.6) is 0 Å². The molecule has 0 saturated carbocycles. The average molecular weight is 456 g/mol. The minimum absolute atomic E-state index is 0.00339. The summed E-state index contributed by atoms with van der Waals surface area (Å²) in [7, 11) is -3.69. The molecular weight excluding hydrogens is 422 g/mol. The van der Waals surface area contributed by atoms with E-state index >= 15 is 0 Å². The smallest absolute Gasteiger partial charge is 0.248 e. The first-order chi connectivity index (χ1) is 14.6. The summed E-state index contributed by atoms with van der Waals surface area (Å²) in [6.45, 7) is 11.4. The molecule has 0 N–H and O–H groups in total. The van der Waals surface area contributed by atoms with Crippen molar-refractivity contribution in [3.8, 4) is 0 Å². The van der Waals surface area contributed by atoms with Crippen LogP contribution in [-0.4, -0.2) is 103 Å². The fraction of sp³-hybridized carbons (Fsp3) is 0.750. The number of hydrogen-bond acceptors (Lipinski definition) is 7. The molecule has 0 unspecified atom stereocenters. The summed E-state index contributed by atoms with van der Waals surface area (Å²) in [6, 6.07) is 0. The van der Waals surface area contributed by atoms with E-state index in [0.717, 1.165) is 0 Å². The van der Waals surface area contributed by atoms with Gasteiger partial charge >= 0.3 is 0 Å². The van der Waals surface area contributed by atoms with Crippen LogP contribution in [0.25, 0.3) is 0 Å². The quantitative estimate of drug-likeness (QED) is 0.608. The van der Waals surface area contributed by atoms with E-state index in [0.29, 0.717) is 63.8 Å². The van der Waals surface area contributed by atoms with Crippen molar-refractivity contribution in [1.29, 1.82) is 0 Å². The van der Waals surface area contributed by atoms with E-state index in [1.54, 1.807) is 18.7 Å². The van der Waals surface area contributed by atoms with Crippen LogP contribution in [0.4, 0.5) is 0 Å². The van der Waals surface area contributed by atoms with Gasteiger partial charge in [0.25, 0.3) is 0 Å². The summed E-state index contributed by atoms with van der Waals surface area (Å²) in [5.74, 6) is 0.794. The largest absolute Gasteiger partial charge is 0.360 e. The van der Waals surface area contributed by atoms with Crippen LogP contribution in [0.2, 0.25) is 0 Å². The third-order valence-electron chi connectivity index (χ3n) is 5.82. The second kappa shape index (κ2) is 9.66. The molecule has 174 valence electrons. The highest BCUT2D eigenvalue weighted by Gasteiger charge is 2.34. The normalized spacial score (nSPS) is 19.3. The molecule has 31 heavy (non-hydrogen) atoms. The van der Waals surface area contributed by atoms with E-state index < -0.39 is 10.0 Å². The molecule has 3 rings (SSSR count). The number of amides is 2. The molecule has 2 amide bonds. The molecule has 0 bridgehead atoms. The summed E-state index contributed by atoms with van der Waals surface area (Å²) in [5.41, 5.74) is 0.349. The summed E-state index contributed by atoms with van der Waals surface area (Å²) in [5, 5.41) is 3.74. The standard InChI is InChI=1S/C20H33N5O5S/c1-15(2)13-18(26)23-7-5-22(6-8-23)14-19(27)24-9-11-25(12-10-24)31(28,29)20-16(3)21-30-17(20)4/h15H,5-14H2,1-4H3. The van der Waals surface area contributed by atoms with Gasteiger partial charge in [0, 0.05) is 58.8 Å². The minimum atomic E-state index is -3.69. The van der Waals surface area contributed by atoms with E-state index in [-0.39, 0.29) is 35.6 Å². The first-order valence-electron chi connectivity index (χ1n) is 10.8. The maximum atomic E-state index is 12.9. The van der Waals surface area contributed by atoms with Crippen molar-refractivity contribution in [2.45, 2.75) is 39.0 Å². The molecule has 10 nitrogen and oxygen atoms in total. The zero-order valence-corrected chi connectivity index (χ0v) is 19.7. The second-order valence-corrected chi connectivity index (χ2v) is 10.6. The topological polar surface area (TPSA) is 107 Å². The lowest BCUT2D eigenvalue weighted by Gasteiger charge is -2.37. The lowest BCUT2D eigenvalue weighted by atomic mass is 10.1. The number of carbonyl (C=O) groups excluding carboxylic acids is 2. The second-order valence-electron chi connectivity index (χ2n) is 8.69. The predicted molar refractivity (Wildman–Crippen MR) is 114 cm³/mol. The Kier molecular flexibility index (Phi) is 7.38. The van der Waals surface area contributed by atoms with Crippen LogP contribution in [0.15, 0.2) is 9.42 Å². The van der Waals surface area contributed by atoms with Crippen LogP contribution in [0.1, 0.15) is 31.7 Å². The first kappa shape index (κ1) is 23.7. The lowest BCUT2D eigenvalue weighted by Crippen LogP contribution is -2.55. The lowest BCUT2D eigenvalue weighted by molar-refractivity contribution is -0.136. The van der Waals surface area contributed by atoms with Crippen molar-refractivity contribution >= 4 is 21.8 Å². The fourth-order valence-corrected chi connectivity index (χ4v) is 5.79. The molecule has 0 atom stereocenters. The Morgan fingerprint density at radius 3 is 2.00 bits per heavy atom. The molecular formula is C20H33N5O5S. The van der Waals surface area contributed by atoms with Gasteiger partial charge in [-0.25, -0.2) is 8.42 Å². The molecule has 2 aliphatic heterocycles. The van der Waals surface area contributed by atoms with Gasteiger partial charge in [-0.05, 0) is 19.8 Å². The van der Waals surface area contributed by atoms with Gasteiger partial charge in [0.1, 0.15) is 10.6 Å². The van der Waals surface area contributed by atoms with Crippen molar-refractivity contribution < 1.29 is 22.5 Å². The van der Waals surface area contributed by atoms with Crippen LogP contribution < -0.4 is 0 Å². The van der Waals surface area contributed by atoms with Crippen molar-refractivity contribution in [1.82, 2.24) is 24.2 Å². The van der Waals surface area contributed by atoms with Gasteiger partial charge in [-0.3, -0.25) is 14.5 Å². The Morgan fingerprint density at radius 1 is 0.935 bits per heavy atom. The SMILES string of the molecule is Cc1noc(C)c1S(=O)(=O)N1CCN(C(=O)CN2CCN(C(=O)CC(C)C)CC2)CC1. The number of aromatic nitrogens is 1. The molecule has 0 spiro atoms. The highest BCUT2D eigenvalue weighted by molar-refractivity contribution is 7.89. The van der Waals surface area contributed by atoms with Crippen LogP contribution in [0.3, 0.4) is 0 Å². The molecule has 11 heteroatoms. The first-order valence-corrected chi connectivity index (χ1v) is 12.2. The van der Waals surface area contributed by atoms with Crippen molar-refractivity contribution in [3.63, 3.8) is 0 Å². The van der Waals surface area contributed by atoms with E-state index in [1.165, 1.54) is 4.31 Å². The van der Waals surface area contributed by atoms with Gasteiger partial charge in [0.05, 0.1) is 6.54 Å². The Morgan fingerprint density at radius 2 is 1.48 bits per heavy atom. The molecule has 0 aromatic carbocycles. The number of piperazine rings is 2. The van der Waals surface area contributed by atoms with Crippen molar-refractivity contribution in [3.05, 3.63) is 11.5 Å². The molecule has 1 aromatic heterocycles. The van der Waals surface area contributed by atoms with Gasteiger partial charge in [0.15, 0.2) is 5.76 Å². The molecule has 2 fully saturated rings. The Balaban J connectivity index is 1.47. The van der Waals surface area contributed by atoms with E-state index in [9.17, 15) is 18.0 Å². The summed E-state index contributed by atoms with van der Waals surface area (Å²) >= 11 is 0. The summed E-state index contributed by atoms with van der Waals surface area (Å²) in [6.07, 6.45) is 0.556. The summed E-state index contributed by atoms with van der Waals surface area (Å²) in [4.78, 5) is 30.7. The molecule has 0 aliphatic carbocycles. The Labute approximate surface area is 184 Å². The number of carbonyl (C=O) groups is 2. The monoisotopic (exact) mass is 455 g/mol. The molecule has 1 aromatic rings. The zero-order chi connectivity index (χ0) is 22.8. The Hall–Kier alpha value is -1.98. The maximum absolute atomic E-state index is 12.9. The van der Waals surface area contributed by atoms with E-state index in [2.05, 4.69) is 10.1 Å². The van der Waals surface area contributed by atoms with Crippen LogP contribution >= 0.6 is 0 Å². The molecule has 2 saturated heterocycles.